The lowest BCUT2D eigenvalue weighted by Gasteiger charge is -2.09. The zero-order valence-electron chi connectivity index (χ0n) is 18.3. The Bertz CT molecular complexity index is 1240. The second-order valence-electron chi connectivity index (χ2n) is 7.51. The van der Waals surface area contributed by atoms with E-state index in [1.165, 1.54) is 0 Å². The van der Waals surface area contributed by atoms with E-state index in [1.54, 1.807) is 24.3 Å². The number of carbonyl (C=O) groups is 1. The molecule has 2 aromatic heterocycles. The summed E-state index contributed by atoms with van der Waals surface area (Å²) in [7, 11) is 0. The Hall–Kier alpha value is -3.39. The average molecular weight is 495 g/mol. The molecule has 1 amide bonds. The van der Waals surface area contributed by atoms with Gasteiger partial charge in [0.15, 0.2) is 0 Å². The number of nitrogens with zero attached hydrogens (tertiary/aromatic N) is 3. The van der Waals surface area contributed by atoms with Crippen LogP contribution in [-0.2, 0) is 6.61 Å². The number of rotatable bonds is 6. The number of halogens is 1. The van der Waals surface area contributed by atoms with Crippen LogP contribution in [0.1, 0.15) is 38.8 Å². The number of amides is 1. The van der Waals surface area contributed by atoms with Crippen LogP contribution in [0.3, 0.4) is 0 Å². The maximum absolute atomic E-state index is 12.6. The molecule has 4 rings (SSSR count). The van der Waals surface area contributed by atoms with Crippen LogP contribution in [0.4, 0.5) is 5.69 Å². The molecule has 0 atom stereocenters. The van der Waals surface area contributed by atoms with E-state index in [-0.39, 0.29) is 5.91 Å². The summed E-state index contributed by atoms with van der Waals surface area (Å²) in [6.45, 7) is 8.06. The van der Waals surface area contributed by atoms with E-state index in [0.717, 1.165) is 38.6 Å². The zero-order chi connectivity index (χ0) is 22.8. The average Bonchev–Trinajstić information content (AvgIpc) is 3.25. The molecular formula is C24H23BrN4O3. The zero-order valence-corrected chi connectivity index (χ0v) is 19.9. The number of anilines is 1. The first-order valence-corrected chi connectivity index (χ1v) is 10.9. The molecule has 0 fully saturated rings. The highest BCUT2D eigenvalue weighted by Crippen LogP contribution is 2.24. The van der Waals surface area contributed by atoms with Crippen molar-refractivity contribution < 1.29 is 14.1 Å². The predicted molar refractivity (Wildman–Crippen MR) is 125 cm³/mol. The van der Waals surface area contributed by atoms with Gasteiger partial charge in [-0.05, 0) is 92.2 Å². The van der Waals surface area contributed by atoms with Gasteiger partial charge in [0.2, 0.25) is 0 Å². The van der Waals surface area contributed by atoms with E-state index in [1.807, 2.05) is 56.6 Å². The summed E-state index contributed by atoms with van der Waals surface area (Å²) in [5, 5.41) is 11.4. The number of hydrogen-bond acceptors (Lipinski definition) is 5. The standard InChI is InChI=1S/C24H23BrN4O3/c1-14-22(17(4)32-28-14)13-31-21-11-5-18(6-12-21)24(30)26-19-7-9-20(10-8-19)29-16(3)23(25)15(2)27-29/h5-12H,13H2,1-4H3,(H,26,30). The summed E-state index contributed by atoms with van der Waals surface area (Å²) in [6, 6.07) is 14.6. The molecule has 2 heterocycles. The molecule has 0 bridgehead atoms. The van der Waals surface area contributed by atoms with Gasteiger partial charge in [0.05, 0.1) is 32.8 Å². The molecule has 0 saturated heterocycles. The first-order valence-electron chi connectivity index (χ1n) is 10.1. The largest absolute Gasteiger partial charge is 0.489 e. The summed E-state index contributed by atoms with van der Waals surface area (Å²) in [5.41, 5.74) is 5.88. The van der Waals surface area contributed by atoms with Gasteiger partial charge in [-0.1, -0.05) is 5.16 Å². The number of nitrogens with one attached hydrogen (secondary N) is 1. The third kappa shape index (κ3) is 4.45. The van der Waals surface area contributed by atoms with E-state index >= 15 is 0 Å². The van der Waals surface area contributed by atoms with Crippen molar-refractivity contribution in [1.82, 2.24) is 14.9 Å². The highest BCUT2D eigenvalue weighted by Gasteiger charge is 2.12. The smallest absolute Gasteiger partial charge is 0.255 e. The third-order valence-electron chi connectivity index (χ3n) is 5.25. The number of ether oxygens (including phenoxy) is 1. The third-order valence-corrected chi connectivity index (χ3v) is 6.40. The van der Waals surface area contributed by atoms with Crippen molar-refractivity contribution in [2.45, 2.75) is 34.3 Å². The summed E-state index contributed by atoms with van der Waals surface area (Å²) < 4.78 is 13.8. The van der Waals surface area contributed by atoms with Crippen LogP contribution in [0.2, 0.25) is 0 Å². The Morgan fingerprint density at radius 3 is 2.28 bits per heavy atom. The number of aryl methyl sites for hydroxylation is 3. The first-order chi connectivity index (χ1) is 15.3. The van der Waals surface area contributed by atoms with Crippen LogP contribution < -0.4 is 10.1 Å². The van der Waals surface area contributed by atoms with Crippen molar-refractivity contribution in [3.63, 3.8) is 0 Å². The van der Waals surface area contributed by atoms with Gasteiger partial charge in [-0.15, -0.1) is 0 Å². The molecule has 7 nitrogen and oxygen atoms in total. The molecule has 32 heavy (non-hydrogen) atoms. The van der Waals surface area contributed by atoms with Crippen molar-refractivity contribution in [2.24, 2.45) is 0 Å². The number of benzene rings is 2. The van der Waals surface area contributed by atoms with Gasteiger partial charge in [-0.3, -0.25) is 4.79 Å². The van der Waals surface area contributed by atoms with Crippen molar-refractivity contribution in [3.05, 3.63) is 87.0 Å². The lowest BCUT2D eigenvalue weighted by atomic mass is 10.2. The normalized spacial score (nSPS) is 10.9. The predicted octanol–water partition coefficient (Wildman–Crippen LogP) is 5.69. The van der Waals surface area contributed by atoms with Gasteiger partial charge in [0, 0.05) is 11.3 Å². The fraction of sp³-hybridized carbons (Fsp3) is 0.208. The summed E-state index contributed by atoms with van der Waals surface area (Å²) in [4.78, 5) is 12.6. The molecule has 0 unspecified atom stereocenters. The second-order valence-corrected chi connectivity index (χ2v) is 8.31. The highest BCUT2D eigenvalue weighted by atomic mass is 79.9. The monoisotopic (exact) mass is 494 g/mol. The lowest BCUT2D eigenvalue weighted by molar-refractivity contribution is 0.102. The molecule has 1 N–H and O–H groups in total. The Kier molecular flexibility index (Phi) is 6.14. The summed E-state index contributed by atoms with van der Waals surface area (Å²) in [5.74, 6) is 1.22. The fourth-order valence-corrected chi connectivity index (χ4v) is 3.58. The van der Waals surface area contributed by atoms with E-state index in [0.29, 0.717) is 23.6 Å². The summed E-state index contributed by atoms with van der Waals surface area (Å²) in [6.07, 6.45) is 0. The molecular weight excluding hydrogens is 472 g/mol. The van der Waals surface area contributed by atoms with Gasteiger partial charge >= 0.3 is 0 Å². The molecule has 0 spiro atoms. The molecule has 2 aromatic carbocycles. The molecule has 164 valence electrons. The van der Waals surface area contributed by atoms with Crippen molar-refractivity contribution in [1.29, 1.82) is 0 Å². The van der Waals surface area contributed by atoms with Gasteiger partial charge in [0.25, 0.3) is 5.91 Å². The first kappa shape index (κ1) is 21.8. The van der Waals surface area contributed by atoms with Gasteiger partial charge in [-0.25, -0.2) is 4.68 Å². The maximum atomic E-state index is 12.6. The fourth-order valence-electron chi connectivity index (χ4n) is 3.33. The topological polar surface area (TPSA) is 82.2 Å². The van der Waals surface area contributed by atoms with Gasteiger partial charge in [-0.2, -0.15) is 5.10 Å². The molecule has 0 radical (unpaired) electrons. The molecule has 8 heteroatoms. The minimum atomic E-state index is -0.191. The van der Waals surface area contributed by atoms with Crippen LogP contribution in [-0.4, -0.2) is 20.8 Å². The molecule has 0 aliphatic rings. The Balaban J connectivity index is 1.39. The van der Waals surface area contributed by atoms with Crippen molar-refractivity contribution >= 4 is 27.5 Å². The number of carbonyl (C=O) groups excluding carboxylic acids is 1. The van der Waals surface area contributed by atoms with Crippen LogP contribution in [0, 0.1) is 27.7 Å². The molecule has 0 saturated carbocycles. The van der Waals surface area contributed by atoms with E-state index in [9.17, 15) is 4.79 Å². The van der Waals surface area contributed by atoms with Gasteiger partial charge in [0.1, 0.15) is 18.1 Å². The summed E-state index contributed by atoms with van der Waals surface area (Å²) >= 11 is 3.55. The second kappa shape index (κ2) is 9.00. The lowest BCUT2D eigenvalue weighted by Crippen LogP contribution is -2.12. The number of hydrogen-bond donors (Lipinski definition) is 1. The highest BCUT2D eigenvalue weighted by molar-refractivity contribution is 9.10. The van der Waals surface area contributed by atoms with Crippen LogP contribution in [0.25, 0.3) is 5.69 Å². The Labute approximate surface area is 194 Å². The van der Waals surface area contributed by atoms with E-state index < -0.39 is 0 Å². The Morgan fingerprint density at radius 1 is 1.03 bits per heavy atom. The molecule has 0 aliphatic heterocycles. The van der Waals surface area contributed by atoms with Crippen molar-refractivity contribution in [3.8, 4) is 11.4 Å². The van der Waals surface area contributed by atoms with E-state index in [4.69, 9.17) is 9.26 Å². The van der Waals surface area contributed by atoms with Crippen molar-refractivity contribution in [2.75, 3.05) is 5.32 Å². The molecule has 4 aromatic rings. The quantitative estimate of drug-likeness (QED) is 0.372. The van der Waals surface area contributed by atoms with Crippen LogP contribution >= 0.6 is 15.9 Å². The molecule has 0 aliphatic carbocycles. The van der Waals surface area contributed by atoms with Gasteiger partial charge < -0.3 is 14.6 Å². The van der Waals surface area contributed by atoms with Crippen LogP contribution in [0.15, 0.2) is 57.5 Å². The maximum Gasteiger partial charge on any atom is 0.255 e. The number of aromatic nitrogens is 3. The SMILES string of the molecule is Cc1nn(-c2ccc(NC(=O)c3ccc(OCc4c(C)noc4C)cc3)cc2)c(C)c1Br. The Morgan fingerprint density at radius 2 is 1.72 bits per heavy atom. The minimum Gasteiger partial charge on any atom is -0.489 e. The van der Waals surface area contributed by atoms with Crippen LogP contribution in [0.5, 0.6) is 5.75 Å². The van der Waals surface area contributed by atoms with E-state index in [2.05, 4.69) is 31.5 Å². The minimum absolute atomic E-state index is 0.191.